The largest absolute Gasteiger partial charge is 0.451 e. The van der Waals surface area contributed by atoms with Gasteiger partial charge in [-0.1, -0.05) is 79.7 Å². The fraction of sp³-hybridized carbons (Fsp3) is 0.677. The van der Waals surface area contributed by atoms with Crippen molar-refractivity contribution in [2.24, 2.45) is 23.7 Å². The average molecular weight is 1270 g/mol. The van der Waals surface area contributed by atoms with E-state index in [-0.39, 0.29) is 72.0 Å². The predicted octanol–water partition coefficient (Wildman–Crippen LogP) is 3.54. The van der Waals surface area contributed by atoms with E-state index in [0.29, 0.717) is 63.5 Å². The zero-order valence-corrected chi connectivity index (χ0v) is 56.0. The van der Waals surface area contributed by atoms with Crippen molar-refractivity contribution in [1.29, 1.82) is 0 Å². The second-order valence-electron chi connectivity index (χ2n) is 25.5. The number of sulfonamides is 2. The fourth-order valence-electron chi connectivity index (χ4n) is 10.9. The van der Waals surface area contributed by atoms with Crippen LogP contribution in [0, 0.1) is 23.7 Å². The summed E-state index contributed by atoms with van der Waals surface area (Å²) < 4.78 is 81.7. The number of carbonyl (C=O) groups excluding carboxylic acids is 8. The lowest BCUT2D eigenvalue weighted by molar-refractivity contribution is -0.176. The van der Waals surface area contributed by atoms with Gasteiger partial charge in [0, 0.05) is 93.4 Å². The molecular weight excluding hydrogens is 1180 g/mol. The molecule has 0 bridgehead atoms. The standard InChI is InChI=1S/C62H96N8O16S2/c1-39(2)33-49-59(75)83-43(9)55(71)65(13)52(36-42(7)8)62(78)86-54(38-46-19-23-48(24-20-46)88(81,82)70-31-27-64(12)28-32-70)58(74)68(16)50(34-40(3)4)60(76)84-44(10)56(72)66(14)51(35-41(5)6)61(77)85-53(57(73)67(49)15)37-45-17-21-47(22-18-45)87(79,80)69-29-25-63(11)26-30-69/h17-24,39-44,49-54H,25-38H2,1-16H3/t43-,44-,49+,50+,51+,52+,53-,54-/m1/s1. The highest BCUT2D eigenvalue weighted by Gasteiger charge is 2.43. The van der Waals surface area contributed by atoms with E-state index in [0.717, 1.165) is 19.6 Å². The molecule has 3 aliphatic rings. The number of benzene rings is 2. The number of hydrogen-bond donors (Lipinski definition) is 0. The van der Waals surface area contributed by atoms with Crippen LogP contribution in [0.5, 0.6) is 0 Å². The smallest absolute Gasteiger partial charge is 0.329 e. The van der Waals surface area contributed by atoms with Gasteiger partial charge >= 0.3 is 23.9 Å². The van der Waals surface area contributed by atoms with E-state index < -0.39 is 116 Å². The van der Waals surface area contributed by atoms with Crippen molar-refractivity contribution in [2.45, 2.75) is 166 Å². The normalized spacial score (nSPS) is 25.6. The Kier molecular flexibility index (Phi) is 26.1. The van der Waals surface area contributed by atoms with E-state index in [1.807, 2.05) is 23.9 Å². The summed E-state index contributed by atoms with van der Waals surface area (Å²) in [7, 11) is 1.31. The van der Waals surface area contributed by atoms with Crippen LogP contribution in [-0.4, -0.2) is 246 Å². The Balaban J connectivity index is 1.60. The van der Waals surface area contributed by atoms with Gasteiger partial charge in [0.05, 0.1) is 9.79 Å². The lowest BCUT2D eigenvalue weighted by Gasteiger charge is -2.35. The van der Waals surface area contributed by atoms with Gasteiger partial charge in [0.1, 0.15) is 24.2 Å². The minimum Gasteiger partial charge on any atom is -0.451 e. The minimum absolute atomic E-state index is 0.000147. The van der Waals surface area contributed by atoms with Gasteiger partial charge < -0.3 is 48.3 Å². The highest BCUT2D eigenvalue weighted by Crippen LogP contribution is 2.27. The molecule has 0 N–H and O–H groups in total. The Morgan fingerprint density at radius 2 is 0.614 bits per heavy atom. The van der Waals surface area contributed by atoms with Gasteiger partial charge in [-0.15, -0.1) is 0 Å². The molecule has 3 saturated heterocycles. The molecule has 2 aromatic rings. The Morgan fingerprint density at radius 3 is 0.864 bits per heavy atom. The molecule has 492 valence electrons. The Bertz CT molecular complexity index is 2770. The van der Waals surface area contributed by atoms with Crippen LogP contribution in [0.15, 0.2) is 58.3 Å². The summed E-state index contributed by atoms with van der Waals surface area (Å²) in [6, 6.07) is 6.07. The molecule has 3 heterocycles. The van der Waals surface area contributed by atoms with E-state index >= 15 is 9.59 Å². The zero-order valence-electron chi connectivity index (χ0n) is 54.4. The molecule has 26 heteroatoms. The summed E-state index contributed by atoms with van der Waals surface area (Å²) in [6.45, 7) is 20.4. The predicted molar refractivity (Wildman–Crippen MR) is 328 cm³/mol. The van der Waals surface area contributed by atoms with Crippen LogP contribution in [0.1, 0.15) is 106 Å². The number of amides is 4. The summed E-state index contributed by atoms with van der Waals surface area (Å²) in [5, 5.41) is 0. The molecule has 0 radical (unpaired) electrons. The number of cyclic esters (lactones) is 4. The molecule has 4 amide bonds. The quantitative estimate of drug-likeness (QED) is 0.172. The number of ether oxygens (including phenoxy) is 4. The first-order chi connectivity index (χ1) is 41.0. The Hall–Kier alpha value is -6.06. The van der Waals surface area contributed by atoms with Crippen LogP contribution in [-0.2, 0) is 90.2 Å². The van der Waals surface area contributed by atoms with E-state index in [1.54, 1.807) is 55.4 Å². The molecule has 88 heavy (non-hydrogen) atoms. The Morgan fingerprint density at radius 1 is 0.375 bits per heavy atom. The van der Waals surface area contributed by atoms with Gasteiger partial charge in [-0.3, -0.25) is 19.2 Å². The molecule has 3 aliphatic heterocycles. The topological polar surface area (TPSA) is 268 Å². The number of likely N-dealkylation sites (N-methyl/N-ethyl adjacent to an activating group) is 6. The number of rotatable bonds is 16. The first-order valence-electron chi connectivity index (χ1n) is 30.5. The second-order valence-corrected chi connectivity index (χ2v) is 29.4. The number of esters is 4. The lowest BCUT2D eigenvalue weighted by atomic mass is 10.00. The summed E-state index contributed by atoms with van der Waals surface area (Å²) in [6.07, 6.45) is -7.17. The van der Waals surface area contributed by atoms with Crippen molar-refractivity contribution in [3.05, 3.63) is 59.7 Å². The van der Waals surface area contributed by atoms with Crippen LogP contribution in [0.25, 0.3) is 0 Å². The molecular formula is C62H96N8O16S2. The number of hydrogen-bond acceptors (Lipinski definition) is 18. The average Bonchev–Trinajstić information content (AvgIpc) is 1.03. The van der Waals surface area contributed by atoms with Crippen molar-refractivity contribution < 1.29 is 74.1 Å². The molecule has 0 aliphatic carbocycles. The van der Waals surface area contributed by atoms with Crippen LogP contribution in [0.4, 0.5) is 0 Å². The summed E-state index contributed by atoms with van der Waals surface area (Å²) >= 11 is 0. The van der Waals surface area contributed by atoms with Crippen LogP contribution >= 0.6 is 0 Å². The first-order valence-corrected chi connectivity index (χ1v) is 33.4. The first kappa shape index (κ1) is 72.7. The third-order valence-corrected chi connectivity index (χ3v) is 20.2. The van der Waals surface area contributed by atoms with E-state index in [1.165, 1.54) is 99.2 Å². The van der Waals surface area contributed by atoms with Gasteiger partial charge in [0.15, 0.2) is 24.4 Å². The molecule has 24 nitrogen and oxygen atoms in total. The van der Waals surface area contributed by atoms with Crippen molar-refractivity contribution in [1.82, 2.24) is 38.0 Å². The Labute approximate surface area is 521 Å². The van der Waals surface area contributed by atoms with E-state index in [2.05, 4.69) is 0 Å². The van der Waals surface area contributed by atoms with Crippen LogP contribution < -0.4 is 0 Å². The van der Waals surface area contributed by atoms with Crippen molar-refractivity contribution in [3.8, 4) is 0 Å². The highest BCUT2D eigenvalue weighted by molar-refractivity contribution is 7.89. The van der Waals surface area contributed by atoms with Crippen LogP contribution in [0.3, 0.4) is 0 Å². The summed E-state index contributed by atoms with van der Waals surface area (Å²) in [4.78, 5) is 126. The molecule has 3 fully saturated rings. The van der Waals surface area contributed by atoms with Crippen molar-refractivity contribution in [3.63, 3.8) is 0 Å². The van der Waals surface area contributed by atoms with Gasteiger partial charge in [-0.05, 0) is 113 Å². The molecule has 2 aromatic carbocycles. The van der Waals surface area contributed by atoms with E-state index in [4.69, 9.17) is 18.9 Å². The maximum Gasteiger partial charge on any atom is 0.329 e. The molecule has 0 saturated carbocycles. The lowest BCUT2D eigenvalue weighted by Crippen LogP contribution is -2.55. The van der Waals surface area contributed by atoms with E-state index in [9.17, 15) is 45.6 Å². The fourth-order valence-corrected chi connectivity index (χ4v) is 13.7. The van der Waals surface area contributed by atoms with Gasteiger partial charge in [0.25, 0.3) is 23.6 Å². The number of piperazine rings is 2. The highest BCUT2D eigenvalue weighted by atomic mass is 32.2. The third kappa shape index (κ3) is 19.0. The maximum absolute atomic E-state index is 15.1. The van der Waals surface area contributed by atoms with Gasteiger partial charge in [-0.25, -0.2) is 36.0 Å². The van der Waals surface area contributed by atoms with Crippen LogP contribution in [0.2, 0.25) is 0 Å². The monoisotopic (exact) mass is 1270 g/mol. The zero-order chi connectivity index (χ0) is 65.9. The number of carbonyl (C=O) groups is 8. The third-order valence-electron chi connectivity index (χ3n) is 16.4. The molecule has 0 aromatic heterocycles. The summed E-state index contributed by atoms with van der Waals surface area (Å²) in [5.74, 6) is -8.50. The number of nitrogens with zero attached hydrogens (tertiary/aromatic N) is 8. The molecule has 0 unspecified atom stereocenters. The van der Waals surface area contributed by atoms with Crippen molar-refractivity contribution in [2.75, 3.05) is 94.6 Å². The molecule has 0 spiro atoms. The SMILES string of the molecule is CC(C)C[C@H]1C(=O)O[C@H](Cc2ccc(S(=O)(=O)N3CCN(C)CC3)cc2)C(=O)N(C)[C@@H](CC(C)C)C(=O)O[C@H](C)C(=O)N(C)[C@@H](CC(C)C)C(=O)O[C@H](Cc2ccc(S(=O)(=O)N3CCN(C)CC3)cc2)C(=O)N(C)[C@@H](CC(C)C)C(=O)O[C@H](C)C(=O)N1C. The minimum atomic E-state index is -3.90. The van der Waals surface area contributed by atoms with Gasteiger partial charge in [0.2, 0.25) is 20.0 Å². The molecule has 8 atom stereocenters. The van der Waals surface area contributed by atoms with Crippen molar-refractivity contribution >= 4 is 67.6 Å². The molecule has 5 rings (SSSR count). The van der Waals surface area contributed by atoms with Gasteiger partial charge in [-0.2, -0.15) is 8.61 Å². The summed E-state index contributed by atoms with van der Waals surface area (Å²) in [5.41, 5.74) is 0.758. The maximum atomic E-state index is 15.1. The second kappa shape index (κ2) is 31.6.